The molecule has 0 saturated carbocycles. The van der Waals surface area contributed by atoms with Crippen LogP contribution in [0, 0.1) is 0 Å². The van der Waals surface area contributed by atoms with Crippen molar-refractivity contribution in [1.29, 1.82) is 0 Å². The molecule has 0 atom stereocenters. The zero-order chi connectivity index (χ0) is 19.4. The molecule has 1 aliphatic rings. The predicted octanol–water partition coefficient (Wildman–Crippen LogP) is 3.24. The van der Waals surface area contributed by atoms with Crippen molar-refractivity contribution in [3.8, 4) is 23.0 Å². The summed E-state index contributed by atoms with van der Waals surface area (Å²) in [4.78, 5) is 14.9. The highest BCUT2D eigenvalue weighted by Crippen LogP contribution is 2.40. The molecular formula is C21H25NO5. The third-order valence-electron chi connectivity index (χ3n) is 4.83. The van der Waals surface area contributed by atoms with Crippen molar-refractivity contribution < 1.29 is 23.7 Å². The summed E-state index contributed by atoms with van der Waals surface area (Å²) >= 11 is 0. The van der Waals surface area contributed by atoms with Gasteiger partial charge in [-0.15, -0.1) is 0 Å². The lowest BCUT2D eigenvalue weighted by Gasteiger charge is -2.30. The summed E-state index contributed by atoms with van der Waals surface area (Å²) in [6.07, 6.45) is 2.08. The first-order valence-corrected chi connectivity index (χ1v) is 8.88. The summed E-state index contributed by atoms with van der Waals surface area (Å²) in [7, 11) is 6.34. The number of amides is 1. The minimum absolute atomic E-state index is 0.0200. The maximum atomic E-state index is 13.1. The molecule has 0 unspecified atom stereocenters. The van der Waals surface area contributed by atoms with Crippen LogP contribution in [0.2, 0.25) is 0 Å². The van der Waals surface area contributed by atoms with Crippen LogP contribution in [-0.2, 0) is 17.6 Å². The summed E-state index contributed by atoms with van der Waals surface area (Å²) < 4.78 is 21.5. The van der Waals surface area contributed by atoms with E-state index in [0.717, 1.165) is 35.4 Å². The van der Waals surface area contributed by atoms with Gasteiger partial charge in [0.15, 0.2) is 11.5 Å². The third-order valence-corrected chi connectivity index (χ3v) is 4.83. The van der Waals surface area contributed by atoms with Crippen molar-refractivity contribution in [2.24, 2.45) is 0 Å². The highest BCUT2D eigenvalue weighted by Gasteiger charge is 2.25. The fourth-order valence-corrected chi connectivity index (χ4v) is 3.52. The maximum Gasteiger partial charge on any atom is 0.231 e. The van der Waals surface area contributed by atoms with E-state index in [1.54, 1.807) is 34.5 Å². The van der Waals surface area contributed by atoms with E-state index in [1.165, 1.54) is 0 Å². The van der Waals surface area contributed by atoms with Gasteiger partial charge in [-0.3, -0.25) is 4.79 Å². The van der Waals surface area contributed by atoms with Crippen LogP contribution in [0.15, 0.2) is 30.3 Å². The lowest BCUT2D eigenvalue weighted by atomic mass is 10.00. The minimum Gasteiger partial charge on any atom is -0.497 e. The Morgan fingerprint density at radius 2 is 1.74 bits per heavy atom. The van der Waals surface area contributed by atoms with Crippen LogP contribution in [0.3, 0.4) is 0 Å². The summed E-state index contributed by atoms with van der Waals surface area (Å²) in [6, 6.07) is 9.49. The number of carbonyl (C=O) groups is 1. The number of aryl methyl sites for hydroxylation is 1. The van der Waals surface area contributed by atoms with E-state index in [-0.39, 0.29) is 12.3 Å². The number of fused-ring (bicyclic) bond motifs is 1. The fraction of sp³-hybridized carbons (Fsp3) is 0.381. The standard InChI is InChI=1S/C21H25NO5/c1-24-16-8-9-17-14(12-16)6-5-11-22(17)19(23)13-15-7-10-18(25-2)21(27-4)20(15)26-3/h7-10,12H,5-6,11,13H2,1-4H3. The number of hydrogen-bond acceptors (Lipinski definition) is 5. The largest absolute Gasteiger partial charge is 0.497 e. The first-order valence-electron chi connectivity index (χ1n) is 8.88. The van der Waals surface area contributed by atoms with Crippen LogP contribution in [0.5, 0.6) is 23.0 Å². The van der Waals surface area contributed by atoms with Gasteiger partial charge in [0.05, 0.1) is 34.9 Å². The number of ether oxygens (including phenoxy) is 4. The number of benzene rings is 2. The second-order valence-electron chi connectivity index (χ2n) is 6.31. The van der Waals surface area contributed by atoms with Gasteiger partial charge in [0.25, 0.3) is 0 Å². The molecule has 1 heterocycles. The molecule has 2 aromatic rings. The predicted molar refractivity (Wildman–Crippen MR) is 103 cm³/mol. The third kappa shape index (κ3) is 3.65. The molecule has 1 aliphatic heterocycles. The fourth-order valence-electron chi connectivity index (χ4n) is 3.52. The Labute approximate surface area is 159 Å². The molecule has 3 rings (SSSR count). The van der Waals surface area contributed by atoms with Gasteiger partial charge in [-0.05, 0) is 42.7 Å². The maximum absolute atomic E-state index is 13.1. The summed E-state index contributed by atoms with van der Waals surface area (Å²) in [5.74, 6) is 2.42. The quantitative estimate of drug-likeness (QED) is 0.780. The summed E-state index contributed by atoms with van der Waals surface area (Å²) in [6.45, 7) is 0.702. The number of hydrogen-bond donors (Lipinski definition) is 0. The SMILES string of the molecule is COc1ccc2c(c1)CCCN2C(=O)Cc1ccc(OC)c(OC)c1OC. The van der Waals surface area contributed by atoms with Crippen molar-refractivity contribution in [1.82, 2.24) is 0 Å². The van der Waals surface area contributed by atoms with E-state index in [2.05, 4.69) is 0 Å². The van der Waals surface area contributed by atoms with Crippen molar-refractivity contribution in [3.05, 3.63) is 41.5 Å². The smallest absolute Gasteiger partial charge is 0.231 e. The van der Waals surface area contributed by atoms with Gasteiger partial charge in [-0.1, -0.05) is 6.07 Å². The summed E-state index contributed by atoms with van der Waals surface area (Å²) in [5.41, 5.74) is 2.85. The molecule has 0 fully saturated rings. The van der Waals surface area contributed by atoms with Gasteiger partial charge >= 0.3 is 0 Å². The Bertz CT molecular complexity index is 834. The van der Waals surface area contributed by atoms with Crippen LogP contribution in [0.4, 0.5) is 5.69 Å². The molecule has 144 valence electrons. The van der Waals surface area contributed by atoms with Crippen molar-refractivity contribution in [3.63, 3.8) is 0 Å². The average Bonchev–Trinajstić information content (AvgIpc) is 2.72. The topological polar surface area (TPSA) is 57.2 Å². The van der Waals surface area contributed by atoms with E-state index in [1.807, 2.05) is 29.2 Å². The van der Waals surface area contributed by atoms with E-state index in [4.69, 9.17) is 18.9 Å². The molecule has 0 radical (unpaired) electrons. The second kappa shape index (κ2) is 8.20. The van der Waals surface area contributed by atoms with Crippen LogP contribution < -0.4 is 23.8 Å². The van der Waals surface area contributed by atoms with Crippen molar-refractivity contribution in [2.45, 2.75) is 19.3 Å². The Kier molecular flexibility index (Phi) is 5.74. The van der Waals surface area contributed by atoms with Gasteiger partial charge in [0.1, 0.15) is 5.75 Å². The number of carbonyl (C=O) groups excluding carboxylic acids is 1. The van der Waals surface area contributed by atoms with Crippen LogP contribution >= 0.6 is 0 Å². The minimum atomic E-state index is 0.0200. The van der Waals surface area contributed by atoms with Gasteiger partial charge in [-0.25, -0.2) is 0 Å². The summed E-state index contributed by atoms with van der Waals surface area (Å²) in [5, 5.41) is 0. The number of nitrogens with zero attached hydrogens (tertiary/aromatic N) is 1. The Hall–Kier alpha value is -2.89. The molecule has 0 spiro atoms. The molecule has 2 aromatic carbocycles. The van der Waals surface area contributed by atoms with Gasteiger partial charge in [-0.2, -0.15) is 0 Å². The Balaban J connectivity index is 1.89. The molecule has 0 aromatic heterocycles. The van der Waals surface area contributed by atoms with Crippen LogP contribution in [0.25, 0.3) is 0 Å². The van der Waals surface area contributed by atoms with Gasteiger partial charge in [0.2, 0.25) is 11.7 Å². The molecule has 1 amide bonds. The molecular weight excluding hydrogens is 346 g/mol. The number of anilines is 1. The molecule has 6 heteroatoms. The van der Waals surface area contributed by atoms with Gasteiger partial charge < -0.3 is 23.8 Å². The molecule has 27 heavy (non-hydrogen) atoms. The number of methoxy groups -OCH3 is 4. The highest BCUT2D eigenvalue weighted by atomic mass is 16.5. The lowest BCUT2D eigenvalue weighted by molar-refractivity contribution is -0.118. The molecule has 0 N–H and O–H groups in total. The van der Waals surface area contributed by atoms with E-state index < -0.39 is 0 Å². The molecule has 0 aliphatic carbocycles. The average molecular weight is 371 g/mol. The van der Waals surface area contributed by atoms with Crippen LogP contribution in [0.1, 0.15) is 17.5 Å². The van der Waals surface area contributed by atoms with Crippen molar-refractivity contribution >= 4 is 11.6 Å². The first kappa shape index (κ1) is 18.9. The molecule has 6 nitrogen and oxygen atoms in total. The molecule has 0 bridgehead atoms. The Morgan fingerprint density at radius 3 is 2.41 bits per heavy atom. The van der Waals surface area contributed by atoms with E-state index >= 15 is 0 Å². The van der Waals surface area contributed by atoms with Crippen LogP contribution in [-0.4, -0.2) is 40.9 Å². The van der Waals surface area contributed by atoms with Crippen molar-refractivity contribution in [2.75, 3.05) is 39.9 Å². The zero-order valence-electron chi connectivity index (χ0n) is 16.2. The first-order chi connectivity index (χ1) is 13.1. The monoisotopic (exact) mass is 371 g/mol. The number of rotatable bonds is 6. The lowest BCUT2D eigenvalue weighted by Crippen LogP contribution is -2.36. The molecule has 0 saturated heterocycles. The highest BCUT2D eigenvalue weighted by molar-refractivity contribution is 5.96. The Morgan fingerprint density at radius 1 is 0.963 bits per heavy atom. The van der Waals surface area contributed by atoms with E-state index in [9.17, 15) is 4.79 Å². The van der Waals surface area contributed by atoms with Gasteiger partial charge in [0, 0.05) is 17.8 Å². The second-order valence-corrected chi connectivity index (χ2v) is 6.31. The normalized spacial score (nSPS) is 13.0. The van der Waals surface area contributed by atoms with E-state index in [0.29, 0.717) is 23.8 Å². The zero-order valence-corrected chi connectivity index (χ0v) is 16.2.